The predicted octanol–water partition coefficient (Wildman–Crippen LogP) is 0.137. The van der Waals surface area contributed by atoms with Gasteiger partial charge < -0.3 is 15.3 Å². The van der Waals surface area contributed by atoms with Gasteiger partial charge in [0, 0.05) is 32.3 Å². The third-order valence-corrected chi connectivity index (χ3v) is 3.33. The van der Waals surface area contributed by atoms with Crippen molar-refractivity contribution in [2.75, 3.05) is 25.0 Å². The Labute approximate surface area is 110 Å². The molecule has 0 bridgehead atoms. The Kier molecular flexibility index (Phi) is 3.94. The van der Waals surface area contributed by atoms with Crippen LogP contribution in [0.4, 0.5) is 5.82 Å². The van der Waals surface area contributed by atoms with Crippen LogP contribution in [0.1, 0.15) is 23.2 Å². The molecule has 0 atom stereocenters. The SMILES string of the molecule is CNC(=O)C1CCN(c2ncncc2C(=O)O)CC1. The molecule has 1 aromatic rings. The van der Waals surface area contributed by atoms with E-state index >= 15 is 0 Å². The van der Waals surface area contributed by atoms with Gasteiger partial charge in [0.2, 0.25) is 5.91 Å². The number of amides is 1. The van der Waals surface area contributed by atoms with E-state index in [1.165, 1.54) is 12.5 Å². The molecule has 0 spiro atoms. The molecule has 1 amide bonds. The molecular weight excluding hydrogens is 248 g/mol. The summed E-state index contributed by atoms with van der Waals surface area (Å²) < 4.78 is 0. The maximum absolute atomic E-state index is 11.5. The Morgan fingerprint density at radius 2 is 2.11 bits per heavy atom. The zero-order chi connectivity index (χ0) is 13.8. The molecule has 1 aliphatic rings. The molecule has 19 heavy (non-hydrogen) atoms. The van der Waals surface area contributed by atoms with Crippen LogP contribution in [0.3, 0.4) is 0 Å². The quantitative estimate of drug-likeness (QED) is 0.806. The molecule has 1 saturated heterocycles. The van der Waals surface area contributed by atoms with E-state index in [0.29, 0.717) is 31.7 Å². The Hall–Kier alpha value is -2.18. The van der Waals surface area contributed by atoms with Crippen molar-refractivity contribution in [3.8, 4) is 0 Å². The lowest BCUT2D eigenvalue weighted by Crippen LogP contribution is -2.40. The van der Waals surface area contributed by atoms with Gasteiger partial charge in [-0.2, -0.15) is 0 Å². The van der Waals surface area contributed by atoms with Gasteiger partial charge in [-0.25, -0.2) is 14.8 Å². The van der Waals surface area contributed by atoms with Crippen molar-refractivity contribution >= 4 is 17.7 Å². The molecule has 1 aliphatic heterocycles. The molecule has 0 aromatic carbocycles. The average molecular weight is 264 g/mol. The van der Waals surface area contributed by atoms with Gasteiger partial charge in [-0.1, -0.05) is 0 Å². The normalized spacial score (nSPS) is 16.2. The largest absolute Gasteiger partial charge is 0.477 e. The van der Waals surface area contributed by atoms with Gasteiger partial charge in [0.1, 0.15) is 17.7 Å². The van der Waals surface area contributed by atoms with Gasteiger partial charge >= 0.3 is 5.97 Å². The van der Waals surface area contributed by atoms with E-state index < -0.39 is 5.97 Å². The number of carbonyl (C=O) groups excluding carboxylic acids is 1. The maximum atomic E-state index is 11.5. The average Bonchev–Trinajstić information content (AvgIpc) is 2.46. The van der Waals surface area contributed by atoms with Crippen LogP contribution >= 0.6 is 0 Å². The third kappa shape index (κ3) is 2.81. The van der Waals surface area contributed by atoms with Gasteiger partial charge in [-0.15, -0.1) is 0 Å². The molecular formula is C12H16N4O3. The number of anilines is 1. The highest BCUT2D eigenvalue weighted by Crippen LogP contribution is 2.24. The molecule has 0 unspecified atom stereocenters. The lowest BCUT2D eigenvalue weighted by Gasteiger charge is -2.32. The van der Waals surface area contributed by atoms with E-state index in [4.69, 9.17) is 5.11 Å². The number of nitrogens with zero attached hydrogens (tertiary/aromatic N) is 3. The first-order chi connectivity index (χ1) is 9.13. The fourth-order valence-electron chi connectivity index (χ4n) is 2.28. The first-order valence-electron chi connectivity index (χ1n) is 6.13. The first-order valence-corrected chi connectivity index (χ1v) is 6.13. The van der Waals surface area contributed by atoms with Gasteiger partial charge in [-0.05, 0) is 12.8 Å². The van der Waals surface area contributed by atoms with E-state index in [2.05, 4.69) is 15.3 Å². The van der Waals surface area contributed by atoms with Crippen molar-refractivity contribution in [3.63, 3.8) is 0 Å². The van der Waals surface area contributed by atoms with Crippen LogP contribution in [0.15, 0.2) is 12.5 Å². The molecule has 102 valence electrons. The van der Waals surface area contributed by atoms with Crippen molar-refractivity contribution in [1.82, 2.24) is 15.3 Å². The number of carboxylic acid groups (broad SMARTS) is 1. The highest BCUT2D eigenvalue weighted by Gasteiger charge is 2.27. The minimum Gasteiger partial charge on any atom is -0.477 e. The molecule has 0 radical (unpaired) electrons. The summed E-state index contributed by atoms with van der Waals surface area (Å²) in [6.45, 7) is 1.24. The Morgan fingerprint density at radius 3 is 2.68 bits per heavy atom. The number of piperidine rings is 1. The van der Waals surface area contributed by atoms with Crippen molar-refractivity contribution in [2.45, 2.75) is 12.8 Å². The number of carbonyl (C=O) groups is 2. The summed E-state index contributed by atoms with van der Waals surface area (Å²) >= 11 is 0. The summed E-state index contributed by atoms with van der Waals surface area (Å²) in [5.41, 5.74) is 0.0980. The standard InChI is InChI=1S/C12H16N4O3/c1-13-11(17)8-2-4-16(5-3-8)10-9(12(18)19)6-14-7-15-10/h6-8H,2-5H2,1H3,(H,13,17)(H,18,19). The minimum atomic E-state index is -1.04. The summed E-state index contributed by atoms with van der Waals surface area (Å²) in [4.78, 5) is 32.3. The van der Waals surface area contributed by atoms with Crippen LogP contribution in [0.2, 0.25) is 0 Å². The molecule has 2 rings (SSSR count). The molecule has 1 aromatic heterocycles. The molecule has 7 heteroatoms. The predicted molar refractivity (Wildman–Crippen MR) is 68.0 cm³/mol. The van der Waals surface area contributed by atoms with Gasteiger partial charge in [0.25, 0.3) is 0 Å². The third-order valence-electron chi connectivity index (χ3n) is 3.33. The fraction of sp³-hybridized carbons (Fsp3) is 0.500. The van der Waals surface area contributed by atoms with Crippen molar-refractivity contribution in [3.05, 3.63) is 18.1 Å². The number of hydrogen-bond acceptors (Lipinski definition) is 5. The lowest BCUT2D eigenvalue weighted by atomic mass is 9.96. The summed E-state index contributed by atoms with van der Waals surface area (Å²) in [5, 5.41) is 11.7. The Bertz CT molecular complexity index is 484. The Balaban J connectivity index is 2.10. The smallest absolute Gasteiger partial charge is 0.341 e. The topological polar surface area (TPSA) is 95.4 Å². The molecule has 0 saturated carbocycles. The van der Waals surface area contributed by atoms with Gasteiger partial charge in [0.05, 0.1) is 0 Å². The second-order valence-electron chi connectivity index (χ2n) is 4.44. The summed E-state index contributed by atoms with van der Waals surface area (Å²) in [6, 6.07) is 0. The molecule has 0 aliphatic carbocycles. The number of aromatic carboxylic acids is 1. The summed E-state index contributed by atoms with van der Waals surface area (Å²) in [7, 11) is 1.63. The van der Waals surface area contributed by atoms with Crippen molar-refractivity contribution < 1.29 is 14.7 Å². The number of aromatic nitrogens is 2. The first kappa shape index (κ1) is 13.3. The minimum absolute atomic E-state index is 0.00337. The van der Waals surface area contributed by atoms with Gasteiger partial charge in [0.15, 0.2) is 0 Å². The number of hydrogen-bond donors (Lipinski definition) is 2. The van der Waals surface area contributed by atoms with E-state index in [9.17, 15) is 9.59 Å². The van der Waals surface area contributed by atoms with E-state index in [0.717, 1.165) is 0 Å². The van der Waals surface area contributed by atoms with E-state index in [1.807, 2.05) is 4.90 Å². The lowest BCUT2D eigenvalue weighted by molar-refractivity contribution is -0.125. The zero-order valence-electron chi connectivity index (χ0n) is 10.7. The number of carboxylic acids is 1. The van der Waals surface area contributed by atoms with Crippen LogP contribution < -0.4 is 10.2 Å². The van der Waals surface area contributed by atoms with Crippen LogP contribution in [-0.2, 0) is 4.79 Å². The Morgan fingerprint density at radius 1 is 1.42 bits per heavy atom. The second-order valence-corrected chi connectivity index (χ2v) is 4.44. The monoisotopic (exact) mass is 264 g/mol. The number of nitrogens with one attached hydrogen (secondary N) is 1. The van der Waals surface area contributed by atoms with E-state index in [1.54, 1.807) is 7.05 Å². The van der Waals surface area contributed by atoms with Crippen LogP contribution in [0.25, 0.3) is 0 Å². The van der Waals surface area contributed by atoms with Crippen molar-refractivity contribution in [1.29, 1.82) is 0 Å². The summed E-state index contributed by atoms with van der Waals surface area (Å²) in [5.74, 6) is -0.570. The number of rotatable bonds is 3. The zero-order valence-corrected chi connectivity index (χ0v) is 10.7. The second kappa shape index (κ2) is 5.64. The molecule has 2 N–H and O–H groups in total. The molecule has 7 nitrogen and oxygen atoms in total. The van der Waals surface area contributed by atoms with Gasteiger partial charge in [-0.3, -0.25) is 4.79 Å². The maximum Gasteiger partial charge on any atom is 0.341 e. The molecule has 2 heterocycles. The molecule has 1 fully saturated rings. The fourth-order valence-corrected chi connectivity index (χ4v) is 2.28. The van der Waals surface area contributed by atoms with Crippen LogP contribution in [0.5, 0.6) is 0 Å². The summed E-state index contributed by atoms with van der Waals surface area (Å²) in [6.07, 6.45) is 4.04. The highest BCUT2D eigenvalue weighted by atomic mass is 16.4. The van der Waals surface area contributed by atoms with Crippen LogP contribution in [-0.4, -0.2) is 47.1 Å². The van der Waals surface area contributed by atoms with Crippen LogP contribution in [0, 0.1) is 5.92 Å². The van der Waals surface area contributed by atoms with Crippen molar-refractivity contribution in [2.24, 2.45) is 5.92 Å². The van der Waals surface area contributed by atoms with E-state index in [-0.39, 0.29) is 17.4 Å². The highest BCUT2D eigenvalue weighted by molar-refractivity contribution is 5.92.